The predicted molar refractivity (Wildman–Crippen MR) is 115 cm³/mol. The standard InChI is InChI=1S/C24H24N2O3/c1-25(2)18-12-10-17(11-13-18)24(28-20-8-6-5-7-9-20)22-15-14-19(26(3)4)16-21(22)23(27)29-24/h5-16H,1-4H3. The van der Waals surface area contributed by atoms with Crippen LogP contribution in [0.15, 0.2) is 72.8 Å². The average Bonchev–Trinajstić information content (AvgIpc) is 3.01. The molecular formula is C24H24N2O3. The van der Waals surface area contributed by atoms with Gasteiger partial charge in [-0.05, 0) is 54.6 Å². The molecule has 0 bridgehead atoms. The maximum atomic E-state index is 12.9. The molecule has 0 aromatic heterocycles. The zero-order valence-electron chi connectivity index (χ0n) is 17.0. The highest BCUT2D eigenvalue weighted by atomic mass is 16.7. The van der Waals surface area contributed by atoms with Crippen molar-refractivity contribution in [2.24, 2.45) is 0 Å². The molecule has 1 unspecified atom stereocenters. The second-order valence-electron chi connectivity index (χ2n) is 7.49. The molecule has 5 nitrogen and oxygen atoms in total. The van der Waals surface area contributed by atoms with Gasteiger partial charge in [0.25, 0.3) is 0 Å². The van der Waals surface area contributed by atoms with Gasteiger partial charge in [-0.1, -0.05) is 18.2 Å². The van der Waals surface area contributed by atoms with Crippen molar-refractivity contribution in [2.45, 2.75) is 5.79 Å². The lowest BCUT2D eigenvalue weighted by Gasteiger charge is -2.30. The Balaban J connectivity index is 1.88. The maximum absolute atomic E-state index is 12.9. The van der Waals surface area contributed by atoms with Crippen LogP contribution in [-0.4, -0.2) is 34.2 Å². The van der Waals surface area contributed by atoms with Gasteiger partial charge in [-0.3, -0.25) is 0 Å². The summed E-state index contributed by atoms with van der Waals surface area (Å²) in [6, 6.07) is 23.0. The van der Waals surface area contributed by atoms with Crippen molar-refractivity contribution in [3.8, 4) is 5.75 Å². The predicted octanol–water partition coefficient (Wildman–Crippen LogP) is 4.27. The number of ether oxygens (including phenoxy) is 2. The number of hydrogen-bond acceptors (Lipinski definition) is 5. The van der Waals surface area contributed by atoms with E-state index in [4.69, 9.17) is 9.47 Å². The lowest BCUT2D eigenvalue weighted by molar-refractivity contribution is -0.108. The molecule has 0 N–H and O–H groups in total. The quantitative estimate of drug-likeness (QED) is 0.611. The number of benzene rings is 3. The van der Waals surface area contributed by atoms with Gasteiger partial charge in [0.1, 0.15) is 5.75 Å². The Bertz CT molecular complexity index is 1030. The van der Waals surface area contributed by atoms with Crippen LogP contribution in [0.1, 0.15) is 21.5 Å². The highest BCUT2D eigenvalue weighted by molar-refractivity contribution is 5.96. The van der Waals surface area contributed by atoms with E-state index >= 15 is 0 Å². The summed E-state index contributed by atoms with van der Waals surface area (Å²) in [6.07, 6.45) is 0. The molecule has 4 rings (SSSR count). The molecule has 148 valence electrons. The number of cyclic esters (lactones) is 1. The molecule has 0 saturated carbocycles. The average molecular weight is 388 g/mol. The number of carbonyl (C=O) groups is 1. The first-order chi connectivity index (χ1) is 13.9. The van der Waals surface area contributed by atoms with Crippen molar-refractivity contribution < 1.29 is 14.3 Å². The van der Waals surface area contributed by atoms with Gasteiger partial charge >= 0.3 is 11.8 Å². The molecule has 0 spiro atoms. The summed E-state index contributed by atoms with van der Waals surface area (Å²) in [4.78, 5) is 16.8. The fourth-order valence-corrected chi connectivity index (χ4v) is 3.49. The molecule has 0 saturated heterocycles. The van der Waals surface area contributed by atoms with Crippen LogP contribution >= 0.6 is 0 Å². The number of hydrogen-bond donors (Lipinski definition) is 0. The summed E-state index contributed by atoms with van der Waals surface area (Å²) in [7, 11) is 7.85. The molecule has 1 aliphatic rings. The van der Waals surface area contributed by atoms with E-state index < -0.39 is 11.8 Å². The van der Waals surface area contributed by atoms with Crippen LogP contribution in [0.3, 0.4) is 0 Å². The van der Waals surface area contributed by atoms with Crippen molar-refractivity contribution >= 4 is 17.3 Å². The van der Waals surface area contributed by atoms with E-state index in [0.717, 1.165) is 16.9 Å². The summed E-state index contributed by atoms with van der Waals surface area (Å²) in [6.45, 7) is 0. The molecule has 0 fully saturated rings. The lowest BCUT2D eigenvalue weighted by Crippen LogP contribution is -2.35. The van der Waals surface area contributed by atoms with Crippen molar-refractivity contribution in [1.29, 1.82) is 0 Å². The second kappa shape index (κ2) is 7.17. The van der Waals surface area contributed by atoms with E-state index in [1.165, 1.54) is 0 Å². The molecular weight excluding hydrogens is 364 g/mol. The molecule has 5 heteroatoms. The first kappa shape index (κ1) is 18.9. The summed E-state index contributed by atoms with van der Waals surface area (Å²) >= 11 is 0. The van der Waals surface area contributed by atoms with E-state index in [0.29, 0.717) is 16.9 Å². The third-order valence-corrected chi connectivity index (χ3v) is 5.10. The van der Waals surface area contributed by atoms with Gasteiger partial charge in [0.05, 0.1) is 11.1 Å². The normalized spacial score (nSPS) is 17.4. The van der Waals surface area contributed by atoms with Crippen molar-refractivity contribution in [2.75, 3.05) is 38.0 Å². The van der Waals surface area contributed by atoms with Gasteiger partial charge < -0.3 is 19.3 Å². The molecule has 1 atom stereocenters. The van der Waals surface area contributed by atoms with Crippen LogP contribution in [0, 0.1) is 0 Å². The lowest BCUT2D eigenvalue weighted by atomic mass is 9.94. The van der Waals surface area contributed by atoms with Crippen molar-refractivity contribution in [1.82, 2.24) is 0 Å². The number of fused-ring (bicyclic) bond motifs is 1. The molecule has 1 aliphatic heterocycles. The van der Waals surface area contributed by atoms with Gasteiger partial charge in [-0.25, -0.2) is 4.79 Å². The third-order valence-electron chi connectivity index (χ3n) is 5.10. The SMILES string of the molecule is CN(C)c1ccc(C2(Oc3ccccc3)OC(=O)c3cc(N(C)C)ccc32)cc1. The van der Waals surface area contributed by atoms with Gasteiger partial charge in [-0.15, -0.1) is 0 Å². The Morgan fingerprint density at radius 2 is 1.41 bits per heavy atom. The van der Waals surface area contributed by atoms with Crippen molar-refractivity contribution in [3.05, 3.63) is 89.5 Å². The minimum atomic E-state index is -1.33. The Kier molecular flexibility index (Phi) is 4.66. The van der Waals surface area contributed by atoms with Crippen LogP contribution in [0.2, 0.25) is 0 Å². The number of esters is 1. The fourth-order valence-electron chi connectivity index (χ4n) is 3.49. The molecule has 1 heterocycles. The van der Waals surface area contributed by atoms with Crippen LogP contribution in [0.25, 0.3) is 0 Å². The Morgan fingerprint density at radius 1 is 0.793 bits per heavy atom. The highest BCUT2D eigenvalue weighted by Crippen LogP contribution is 2.44. The zero-order valence-corrected chi connectivity index (χ0v) is 17.0. The maximum Gasteiger partial charge on any atom is 0.342 e. The summed E-state index contributed by atoms with van der Waals surface area (Å²) in [5.41, 5.74) is 3.96. The molecule has 29 heavy (non-hydrogen) atoms. The van der Waals surface area contributed by atoms with Crippen LogP contribution in [0.5, 0.6) is 5.75 Å². The number of rotatable bonds is 5. The van der Waals surface area contributed by atoms with Crippen LogP contribution in [-0.2, 0) is 10.5 Å². The Hall–Kier alpha value is -3.47. The fraction of sp³-hybridized carbons (Fsp3) is 0.208. The molecule has 0 aliphatic carbocycles. The van der Waals surface area contributed by atoms with Crippen LogP contribution < -0.4 is 14.5 Å². The number of carbonyl (C=O) groups excluding carboxylic acids is 1. The smallest absolute Gasteiger partial charge is 0.342 e. The number of para-hydroxylation sites is 1. The van der Waals surface area contributed by atoms with E-state index in [1.807, 2.05) is 111 Å². The number of nitrogens with zero attached hydrogens (tertiary/aromatic N) is 2. The highest BCUT2D eigenvalue weighted by Gasteiger charge is 2.50. The zero-order chi connectivity index (χ0) is 20.6. The first-order valence-corrected chi connectivity index (χ1v) is 9.48. The van der Waals surface area contributed by atoms with Gasteiger partial charge in [0.15, 0.2) is 0 Å². The summed E-state index contributed by atoms with van der Waals surface area (Å²) in [5.74, 6) is -1.10. The van der Waals surface area contributed by atoms with Gasteiger partial charge in [-0.2, -0.15) is 0 Å². The van der Waals surface area contributed by atoms with E-state index in [1.54, 1.807) is 0 Å². The van der Waals surface area contributed by atoms with Gasteiger partial charge in [0.2, 0.25) is 0 Å². The first-order valence-electron chi connectivity index (χ1n) is 9.48. The molecule has 3 aromatic rings. The largest absolute Gasteiger partial charge is 0.444 e. The van der Waals surface area contributed by atoms with E-state index in [2.05, 4.69) is 0 Å². The van der Waals surface area contributed by atoms with Crippen LogP contribution in [0.4, 0.5) is 11.4 Å². The summed E-state index contributed by atoms with van der Waals surface area (Å²) < 4.78 is 12.3. The van der Waals surface area contributed by atoms with Crippen molar-refractivity contribution in [3.63, 3.8) is 0 Å². The van der Waals surface area contributed by atoms with Gasteiger partial charge in [0, 0.05) is 45.1 Å². The topological polar surface area (TPSA) is 42.0 Å². The Morgan fingerprint density at radius 3 is 2.03 bits per heavy atom. The van der Waals surface area contributed by atoms with E-state index in [-0.39, 0.29) is 0 Å². The molecule has 0 radical (unpaired) electrons. The van der Waals surface area contributed by atoms with E-state index in [9.17, 15) is 4.79 Å². The second-order valence-corrected chi connectivity index (χ2v) is 7.49. The minimum Gasteiger partial charge on any atom is -0.444 e. The summed E-state index contributed by atoms with van der Waals surface area (Å²) in [5, 5.41) is 0. The molecule has 3 aromatic carbocycles. The number of anilines is 2. The minimum absolute atomic E-state index is 0.392. The Labute approximate surface area is 171 Å². The monoisotopic (exact) mass is 388 g/mol. The molecule has 0 amide bonds. The third kappa shape index (κ3) is 3.29.